The summed E-state index contributed by atoms with van der Waals surface area (Å²) in [5.41, 5.74) is 8.65. The Bertz CT molecular complexity index is 883. The maximum Gasteiger partial charge on any atom is 0.320 e. The van der Waals surface area contributed by atoms with Crippen molar-refractivity contribution in [3.05, 3.63) is 107 Å². The number of carbonyl (C=O) groups excluding carboxylic acids is 1. The van der Waals surface area contributed by atoms with Crippen molar-refractivity contribution in [2.24, 2.45) is 5.73 Å². The molecule has 27 heavy (non-hydrogen) atoms. The molecule has 0 saturated heterocycles. The van der Waals surface area contributed by atoms with Crippen LogP contribution in [-0.4, -0.2) is 22.9 Å². The maximum atomic E-state index is 13.5. The predicted molar refractivity (Wildman–Crippen MR) is 105 cm³/mol. The van der Waals surface area contributed by atoms with Crippen LogP contribution in [0.3, 0.4) is 0 Å². The highest BCUT2D eigenvalue weighted by molar-refractivity contribution is 6.04. The average molecular weight is 359 g/mol. The van der Waals surface area contributed by atoms with Gasteiger partial charge in [-0.15, -0.1) is 0 Å². The highest BCUT2D eigenvalue weighted by Crippen LogP contribution is 2.30. The summed E-state index contributed by atoms with van der Waals surface area (Å²) < 4.78 is 0. The van der Waals surface area contributed by atoms with Crippen molar-refractivity contribution in [1.29, 1.82) is 0 Å². The van der Waals surface area contributed by atoms with Crippen LogP contribution in [0.2, 0.25) is 0 Å². The number of carboxylic acid groups (broad SMARTS) is 1. The molecule has 0 aliphatic heterocycles. The Balaban J connectivity index is 2.05. The topological polar surface area (TPSA) is 80.4 Å². The van der Waals surface area contributed by atoms with Crippen molar-refractivity contribution < 1.29 is 14.7 Å². The van der Waals surface area contributed by atoms with Gasteiger partial charge in [-0.1, -0.05) is 84.9 Å². The number of hydrogen-bond donors (Lipinski definition) is 2. The zero-order valence-electron chi connectivity index (χ0n) is 14.8. The van der Waals surface area contributed by atoms with Crippen molar-refractivity contribution in [1.82, 2.24) is 0 Å². The lowest BCUT2D eigenvalue weighted by Gasteiger charge is -2.19. The summed E-state index contributed by atoms with van der Waals surface area (Å²) in [7, 11) is 0. The molecule has 3 rings (SSSR count). The Labute approximate surface area is 158 Å². The molecule has 0 spiro atoms. The minimum atomic E-state index is -1.08. The van der Waals surface area contributed by atoms with Gasteiger partial charge >= 0.3 is 5.97 Å². The van der Waals surface area contributed by atoms with E-state index in [0.29, 0.717) is 11.1 Å². The Morgan fingerprint density at radius 1 is 0.778 bits per heavy atom. The lowest BCUT2D eigenvalue weighted by molar-refractivity contribution is -0.138. The zero-order chi connectivity index (χ0) is 19.2. The fourth-order valence-electron chi connectivity index (χ4n) is 3.20. The first-order valence-electron chi connectivity index (χ1n) is 8.78. The SMILES string of the molecule is N[C@@H](Cc1ccccc1C(=O)C(c1ccccc1)c1ccccc1)C(=O)O. The van der Waals surface area contributed by atoms with Gasteiger partial charge in [0.25, 0.3) is 0 Å². The second-order valence-electron chi connectivity index (χ2n) is 6.42. The van der Waals surface area contributed by atoms with Crippen LogP contribution in [0.15, 0.2) is 84.9 Å². The van der Waals surface area contributed by atoms with Crippen molar-refractivity contribution in [3.63, 3.8) is 0 Å². The van der Waals surface area contributed by atoms with Crippen LogP contribution in [0, 0.1) is 0 Å². The first kappa shape index (κ1) is 18.5. The maximum absolute atomic E-state index is 13.5. The Kier molecular flexibility index (Phi) is 5.79. The van der Waals surface area contributed by atoms with Gasteiger partial charge in [-0.2, -0.15) is 0 Å². The second kappa shape index (κ2) is 8.43. The minimum Gasteiger partial charge on any atom is -0.480 e. The van der Waals surface area contributed by atoms with E-state index in [1.807, 2.05) is 60.7 Å². The van der Waals surface area contributed by atoms with Gasteiger partial charge in [0, 0.05) is 5.56 Å². The molecule has 0 radical (unpaired) electrons. The van der Waals surface area contributed by atoms with E-state index in [2.05, 4.69) is 0 Å². The number of rotatable bonds is 7. The van der Waals surface area contributed by atoms with Crippen LogP contribution in [0.4, 0.5) is 0 Å². The summed E-state index contributed by atoms with van der Waals surface area (Å²) in [6.45, 7) is 0. The number of Topliss-reactive ketones (excluding diaryl/α,β-unsaturated/α-hetero) is 1. The van der Waals surface area contributed by atoms with Crippen molar-refractivity contribution >= 4 is 11.8 Å². The normalized spacial score (nSPS) is 11.9. The first-order valence-corrected chi connectivity index (χ1v) is 8.78. The molecule has 0 aromatic heterocycles. The van der Waals surface area contributed by atoms with Gasteiger partial charge in [-0.3, -0.25) is 9.59 Å². The molecule has 3 aromatic carbocycles. The molecule has 0 fully saturated rings. The molecule has 0 amide bonds. The second-order valence-corrected chi connectivity index (χ2v) is 6.42. The van der Waals surface area contributed by atoms with E-state index in [1.54, 1.807) is 24.3 Å². The van der Waals surface area contributed by atoms with E-state index in [-0.39, 0.29) is 12.2 Å². The van der Waals surface area contributed by atoms with Crippen LogP contribution in [-0.2, 0) is 11.2 Å². The molecule has 1 atom stereocenters. The van der Waals surface area contributed by atoms with E-state index < -0.39 is 17.9 Å². The Hall–Kier alpha value is -3.24. The molecule has 3 aromatic rings. The number of ketones is 1. The molecule has 0 heterocycles. The van der Waals surface area contributed by atoms with Gasteiger partial charge in [-0.05, 0) is 23.1 Å². The molecule has 0 unspecified atom stereocenters. The van der Waals surface area contributed by atoms with Crippen LogP contribution >= 0.6 is 0 Å². The largest absolute Gasteiger partial charge is 0.480 e. The van der Waals surface area contributed by atoms with E-state index in [9.17, 15) is 9.59 Å². The van der Waals surface area contributed by atoms with Gasteiger partial charge < -0.3 is 10.8 Å². The van der Waals surface area contributed by atoms with E-state index in [4.69, 9.17) is 10.8 Å². The number of aliphatic carboxylic acids is 1. The summed E-state index contributed by atoms with van der Waals surface area (Å²) >= 11 is 0. The molecule has 4 nitrogen and oxygen atoms in total. The monoisotopic (exact) mass is 359 g/mol. The lowest BCUT2D eigenvalue weighted by atomic mass is 9.83. The molecule has 3 N–H and O–H groups in total. The zero-order valence-corrected chi connectivity index (χ0v) is 14.8. The van der Waals surface area contributed by atoms with Gasteiger partial charge in [0.2, 0.25) is 0 Å². The van der Waals surface area contributed by atoms with Crippen molar-refractivity contribution in [2.75, 3.05) is 0 Å². The minimum absolute atomic E-state index is 0.0689. The number of hydrogen-bond acceptors (Lipinski definition) is 3. The standard InChI is InChI=1S/C23H21NO3/c24-20(23(26)27)15-18-13-7-8-14-19(18)22(25)21(16-9-3-1-4-10-16)17-11-5-2-6-12-17/h1-14,20-21H,15,24H2,(H,26,27)/t20-/m0/s1. The van der Waals surface area contributed by atoms with Gasteiger partial charge in [0.15, 0.2) is 5.78 Å². The predicted octanol–water partition coefficient (Wildman–Crippen LogP) is 3.66. The fourth-order valence-corrected chi connectivity index (χ4v) is 3.20. The van der Waals surface area contributed by atoms with Gasteiger partial charge in [0.05, 0.1) is 5.92 Å². The lowest BCUT2D eigenvalue weighted by Crippen LogP contribution is -2.33. The number of carbonyl (C=O) groups is 2. The molecular weight excluding hydrogens is 338 g/mol. The third kappa shape index (κ3) is 4.30. The summed E-state index contributed by atoms with van der Waals surface area (Å²) in [5, 5.41) is 9.13. The van der Waals surface area contributed by atoms with Crippen molar-refractivity contribution in [2.45, 2.75) is 18.4 Å². The van der Waals surface area contributed by atoms with Crippen molar-refractivity contribution in [3.8, 4) is 0 Å². The smallest absolute Gasteiger partial charge is 0.320 e. The first-order chi connectivity index (χ1) is 13.1. The van der Waals surface area contributed by atoms with Gasteiger partial charge in [0.1, 0.15) is 6.04 Å². The molecule has 0 aliphatic carbocycles. The third-order valence-corrected chi connectivity index (χ3v) is 4.57. The fraction of sp³-hybridized carbons (Fsp3) is 0.130. The van der Waals surface area contributed by atoms with Crippen LogP contribution in [0.25, 0.3) is 0 Å². The summed E-state index contributed by atoms with van der Waals surface area (Å²) in [5.74, 6) is -1.62. The van der Waals surface area contributed by atoms with Crippen LogP contribution in [0.5, 0.6) is 0 Å². The third-order valence-electron chi connectivity index (χ3n) is 4.57. The Morgan fingerprint density at radius 3 is 1.78 bits per heavy atom. The summed E-state index contributed by atoms with van der Waals surface area (Å²) in [4.78, 5) is 24.7. The summed E-state index contributed by atoms with van der Waals surface area (Å²) in [6.07, 6.45) is 0.105. The van der Waals surface area contributed by atoms with E-state index >= 15 is 0 Å². The Morgan fingerprint density at radius 2 is 1.26 bits per heavy atom. The molecule has 136 valence electrons. The summed E-state index contributed by atoms with van der Waals surface area (Å²) in [6, 6.07) is 25.2. The van der Waals surface area contributed by atoms with Crippen LogP contribution in [0.1, 0.15) is 33.0 Å². The molecule has 0 saturated carbocycles. The van der Waals surface area contributed by atoms with E-state index in [1.165, 1.54) is 0 Å². The number of nitrogens with two attached hydrogens (primary N) is 1. The highest BCUT2D eigenvalue weighted by Gasteiger charge is 2.26. The highest BCUT2D eigenvalue weighted by atomic mass is 16.4. The molecule has 4 heteroatoms. The molecular formula is C23H21NO3. The molecule has 0 bridgehead atoms. The number of benzene rings is 3. The number of carboxylic acids is 1. The van der Waals surface area contributed by atoms with Gasteiger partial charge in [-0.25, -0.2) is 0 Å². The van der Waals surface area contributed by atoms with Crippen LogP contribution < -0.4 is 5.73 Å². The van der Waals surface area contributed by atoms with E-state index in [0.717, 1.165) is 11.1 Å². The molecule has 0 aliphatic rings. The average Bonchev–Trinajstić information content (AvgIpc) is 2.70. The quantitative estimate of drug-likeness (QED) is 0.631.